The van der Waals surface area contributed by atoms with E-state index in [1.807, 2.05) is 18.2 Å². The van der Waals surface area contributed by atoms with E-state index in [2.05, 4.69) is 18.9 Å². The molecule has 1 aromatic carbocycles. The summed E-state index contributed by atoms with van der Waals surface area (Å²) in [7, 11) is 5.43. The first-order valence-electron chi connectivity index (χ1n) is 5.10. The van der Waals surface area contributed by atoms with Crippen molar-refractivity contribution in [1.29, 1.82) is 0 Å². The minimum atomic E-state index is 0.842. The highest BCUT2D eigenvalue weighted by Crippen LogP contribution is 2.23. The normalized spacial score (nSPS) is 10.5. The van der Waals surface area contributed by atoms with Gasteiger partial charge in [-0.05, 0) is 31.3 Å². The van der Waals surface area contributed by atoms with Crippen LogP contribution in [0.25, 0.3) is 0 Å². The van der Waals surface area contributed by atoms with Crippen LogP contribution in [0.3, 0.4) is 0 Å². The lowest BCUT2D eigenvalue weighted by atomic mass is 10.2. The predicted molar refractivity (Wildman–Crippen MR) is 61.6 cm³/mol. The predicted octanol–water partition coefficient (Wildman–Crippen LogP) is 2.16. The van der Waals surface area contributed by atoms with Crippen LogP contribution in [0.1, 0.15) is 12.5 Å². The average molecular weight is 209 g/mol. The first-order valence-corrected chi connectivity index (χ1v) is 5.10. The summed E-state index contributed by atoms with van der Waals surface area (Å²) in [4.78, 5) is 2.23. The molecule has 3 nitrogen and oxygen atoms in total. The molecule has 15 heavy (non-hydrogen) atoms. The molecule has 0 aliphatic rings. The second kappa shape index (κ2) is 5.61. The molecular formula is C12H19NO2. The lowest BCUT2D eigenvalue weighted by molar-refractivity contribution is 0.342. The minimum Gasteiger partial charge on any atom is -0.497 e. The maximum atomic E-state index is 5.21. The van der Waals surface area contributed by atoms with Gasteiger partial charge in [0.1, 0.15) is 11.5 Å². The largest absolute Gasteiger partial charge is 0.497 e. The fourth-order valence-corrected chi connectivity index (χ4v) is 1.38. The average Bonchev–Trinajstić information content (AvgIpc) is 2.28. The van der Waals surface area contributed by atoms with Crippen LogP contribution in [0.4, 0.5) is 0 Å². The summed E-state index contributed by atoms with van der Waals surface area (Å²) >= 11 is 0. The maximum Gasteiger partial charge on any atom is 0.122 e. The van der Waals surface area contributed by atoms with E-state index < -0.39 is 0 Å². The maximum absolute atomic E-state index is 5.21. The first-order chi connectivity index (χ1) is 7.19. The van der Waals surface area contributed by atoms with Crippen LogP contribution >= 0.6 is 0 Å². The van der Waals surface area contributed by atoms with Gasteiger partial charge in [0.05, 0.1) is 14.2 Å². The number of hydrogen-bond acceptors (Lipinski definition) is 3. The molecule has 1 rings (SSSR count). The zero-order valence-electron chi connectivity index (χ0n) is 9.91. The fourth-order valence-electron chi connectivity index (χ4n) is 1.38. The van der Waals surface area contributed by atoms with Crippen LogP contribution in [0.2, 0.25) is 0 Å². The highest BCUT2D eigenvalue weighted by Gasteiger charge is 2.03. The molecule has 0 bridgehead atoms. The number of benzene rings is 1. The molecule has 0 radical (unpaired) electrons. The molecule has 0 aliphatic heterocycles. The lowest BCUT2D eigenvalue weighted by Crippen LogP contribution is -2.16. The number of ether oxygens (including phenoxy) is 2. The molecule has 0 spiro atoms. The van der Waals surface area contributed by atoms with Crippen molar-refractivity contribution in [3.63, 3.8) is 0 Å². The van der Waals surface area contributed by atoms with Gasteiger partial charge in [0, 0.05) is 12.6 Å². The van der Waals surface area contributed by atoms with Crippen molar-refractivity contribution in [3.05, 3.63) is 23.8 Å². The Bertz CT molecular complexity index is 290. The Labute approximate surface area is 91.6 Å². The van der Waals surface area contributed by atoms with Crippen molar-refractivity contribution in [2.45, 2.75) is 13.5 Å². The van der Waals surface area contributed by atoms with E-state index in [9.17, 15) is 0 Å². The molecule has 0 aliphatic carbocycles. The van der Waals surface area contributed by atoms with Crippen molar-refractivity contribution < 1.29 is 9.47 Å². The van der Waals surface area contributed by atoms with Gasteiger partial charge in [0.15, 0.2) is 0 Å². The highest BCUT2D eigenvalue weighted by molar-refractivity contribution is 5.38. The number of methoxy groups -OCH3 is 2. The van der Waals surface area contributed by atoms with Gasteiger partial charge in [-0.3, -0.25) is 0 Å². The monoisotopic (exact) mass is 209 g/mol. The smallest absolute Gasteiger partial charge is 0.122 e. The number of rotatable bonds is 5. The van der Waals surface area contributed by atoms with Crippen molar-refractivity contribution in [3.8, 4) is 11.5 Å². The Morgan fingerprint density at radius 1 is 1.07 bits per heavy atom. The SMILES string of the molecule is CCN(C)Cc1cc(OC)cc(OC)c1. The van der Waals surface area contributed by atoms with Crippen LogP contribution in [0.15, 0.2) is 18.2 Å². The Kier molecular flexibility index (Phi) is 4.43. The summed E-state index contributed by atoms with van der Waals surface area (Å²) < 4.78 is 10.4. The topological polar surface area (TPSA) is 21.7 Å². The third kappa shape index (κ3) is 3.44. The Balaban J connectivity index is 2.86. The van der Waals surface area contributed by atoms with Gasteiger partial charge in [0.25, 0.3) is 0 Å². The molecule has 84 valence electrons. The molecule has 0 atom stereocenters. The zero-order chi connectivity index (χ0) is 11.3. The molecular weight excluding hydrogens is 190 g/mol. The molecule has 0 amide bonds. The molecule has 0 aromatic heterocycles. The van der Waals surface area contributed by atoms with E-state index in [-0.39, 0.29) is 0 Å². The van der Waals surface area contributed by atoms with Gasteiger partial charge >= 0.3 is 0 Å². The van der Waals surface area contributed by atoms with E-state index in [1.54, 1.807) is 14.2 Å². The Morgan fingerprint density at radius 3 is 2.00 bits per heavy atom. The van der Waals surface area contributed by atoms with E-state index in [0.717, 1.165) is 24.6 Å². The molecule has 0 fully saturated rings. The molecule has 1 aromatic rings. The van der Waals surface area contributed by atoms with E-state index >= 15 is 0 Å². The van der Waals surface area contributed by atoms with Crippen molar-refractivity contribution in [2.75, 3.05) is 27.8 Å². The van der Waals surface area contributed by atoms with E-state index in [1.165, 1.54) is 5.56 Å². The van der Waals surface area contributed by atoms with Crippen LogP contribution in [0, 0.1) is 0 Å². The van der Waals surface area contributed by atoms with Gasteiger partial charge in [-0.15, -0.1) is 0 Å². The second-order valence-electron chi connectivity index (χ2n) is 3.55. The molecule has 3 heteroatoms. The fraction of sp³-hybridized carbons (Fsp3) is 0.500. The molecule has 0 unspecified atom stereocenters. The van der Waals surface area contributed by atoms with E-state index in [4.69, 9.17) is 9.47 Å². The number of hydrogen-bond donors (Lipinski definition) is 0. The molecule has 0 N–H and O–H groups in total. The van der Waals surface area contributed by atoms with Crippen LogP contribution in [-0.2, 0) is 6.54 Å². The summed E-state index contributed by atoms with van der Waals surface area (Å²) in [6.45, 7) is 4.07. The van der Waals surface area contributed by atoms with Gasteiger partial charge in [0.2, 0.25) is 0 Å². The van der Waals surface area contributed by atoms with Crippen LogP contribution < -0.4 is 9.47 Å². The third-order valence-corrected chi connectivity index (χ3v) is 2.40. The van der Waals surface area contributed by atoms with Crippen LogP contribution in [0.5, 0.6) is 11.5 Å². The van der Waals surface area contributed by atoms with Gasteiger partial charge in [-0.1, -0.05) is 6.92 Å². The zero-order valence-corrected chi connectivity index (χ0v) is 9.91. The molecule has 0 saturated heterocycles. The van der Waals surface area contributed by atoms with Gasteiger partial charge in [-0.2, -0.15) is 0 Å². The summed E-state index contributed by atoms with van der Waals surface area (Å²) in [5.74, 6) is 1.68. The molecule has 0 saturated carbocycles. The van der Waals surface area contributed by atoms with Crippen LogP contribution in [-0.4, -0.2) is 32.7 Å². The van der Waals surface area contributed by atoms with Gasteiger partial charge in [-0.25, -0.2) is 0 Å². The van der Waals surface area contributed by atoms with E-state index in [0.29, 0.717) is 0 Å². The first kappa shape index (κ1) is 11.9. The summed E-state index contributed by atoms with van der Waals surface area (Å²) in [6.07, 6.45) is 0. The van der Waals surface area contributed by atoms with Gasteiger partial charge < -0.3 is 14.4 Å². The lowest BCUT2D eigenvalue weighted by Gasteiger charge is -2.15. The standard InChI is InChI=1S/C12H19NO2/c1-5-13(2)9-10-6-11(14-3)8-12(7-10)15-4/h6-8H,5,9H2,1-4H3. The summed E-state index contributed by atoms with van der Waals surface area (Å²) in [5, 5.41) is 0. The van der Waals surface area contributed by atoms with Crippen molar-refractivity contribution in [1.82, 2.24) is 4.90 Å². The Hall–Kier alpha value is -1.22. The van der Waals surface area contributed by atoms with Crippen molar-refractivity contribution in [2.24, 2.45) is 0 Å². The summed E-state index contributed by atoms with van der Waals surface area (Å²) in [5.41, 5.74) is 1.20. The quantitative estimate of drug-likeness (QED) is 0.741. The number of nitrogens with zero attached hydrogens (tertiary/aromatic N) is 1. The molecule has 0 heterocycles. The summed E-state index contributed by atoms with van der Waals surface area (Å²) in [6, 6.07) is 5.96. The Morgan fingerprint density at radius 2 is 1.60 bits per heavy atom. The third-order valence-electron chi connectivity index (χ3n) is 2.40. The second-order valence-corrected chi connectivity index (χ2v) is 3.55. The minimum absolute atomic E-state index is 0.842. The van der Waals surface area contributed by atoms with Crippen molar-refractivity contribution >= 4 is 0 Å². The highest BCUT2D eigenvalue weighted by atomic mass is 16.5.